The van der Waals surface area contributed by atoms with Crippen LogP contribution in [-0.4, -0.2) is 23.3 Å². The smallest absolute Gasteiger partial charge is 0.273 e. The molecule has 4 nitrogen and oxygen atoms in total. The van der Waals surface area contributed by atoms with E-state index < -0.39 is 0 Å². The van der Waals surface area contributed by atoms with Crippen LogP contribution in [-0.2, 0) is 0 Å². The number of hydrogen-bond acceptors (Lipinski definition) is 3. The Morgan fingerprint density at radius 2 is 1.85 bits per heavy atom. The van der Waals surface area contributed by atoms with Crippen molar-refractivity contribution in [3.05, 3.63) is 63.8 Å². The lowest BCUT2D eigenvalue weighted by atomic mass is 10.0. The summed E-state index contributed by atoms with van der Waals surface area (Å²) in [6.07, 6.45) is 0. The van der Waals surface area contributed by atoms with Crippen molar-refractivity contribution < 1.29 is 14.3 Å². The molecule has 0 saturated carbocycles. The number of carbonyl (C=O) groups excluding carboxylic acids is 1. The summed E-state index contributed by atoms with van der Waals surface area (Å²) in [7, 11) is 1.55. The minimum absolute atomic E-state index is 0.0794. The molecule has 0 atom stereocenters. The summed E-state index contributed by atoms with van der Waals surface area (Å²) in [6, 6.07) is 11.6. The number of halogens is 1. The third kappa shape index (κ3) is 1.77. The Morgan fingerprint density at radius 1 is 1.15 bits per heavy atom. The third-order valence-corrected chi connectivity index (χ3v) is 3.52. The van der Waals surface area contributed by atoms with Gasteiger partial charge in [0.05, 0.1) is 12.7 Å². The van der Waals surface area contributed by atoms with E-state index in [1.54, 1.807) is 49.6 Å². The summed E-state index contributed by atoms with van der Waals surface area (Å²) in [4.78, 5) is 12.3. The van der Waals surface area contributed by atoms with E-state index in [9.17, 15) is 10.0 Å². The van der Waals surface area contributed by atoms with Gasteiger partial charge in [-0.3, -0.25) is 4.79 Å². The van der Waals surface area contributed by atoms with Crippen LogP contribution in [0.2, 0.25) is 5.02 Å². The number of hydrogen-bond donors (Lipinski definition) is 0. The zero-order valence-corrected chi connectivity index (χ0v) is 11.3. The first-order valence-corrected chi connectivity index (χ1v) is 6.33. The average Bonchev–Trinajstić information content (AvgIpc) is 2.72. The molecule has 0 fully saturated rings. The second-order valence-corrected chi connectivity index (χ2v) is 4.74. The highest BCUT2D eigenvalue weighted by molar-refractivity contribution is 6.53. The number of carbonyl (C=O) groups is 1. The van der Waals surface area contributed by atoms with Gasteiger partial charge in [-0.2, -0.15) is 4.74 Å². The number of ether oxygens (including phenoxy) is 1. The molecule has 1 aliphatic rings. The van der Waals surface area contributed by atoms with E-state index >= 15 is 0 Å². The molecule has 1 aliphatic heterocycles. The number of nitrogens with zero attached hydrogens (tertiary/aromatic N) is 1. The van der Waals surface area contributed by atoms with Crippen LogP contribution in [0, 0.1) is 5.21 Å². The van der Waals surface area contributed by atoms with Gasteiger partial charge in [-0.15, -0.1) is 0 Å². The van der Waals surface area contributed by atoms with Crippen LogP contribution >= 0.6 is 11.6 Å². The molecule has 20 heavy (non-hydrogen) atoms. The Hall–Kier alpha value is -2.33. The molecule has 100 valence electrons. The van der Waals surface area contributed by atoms with Crippen LogP contribution in [0.1, 0.15) is 15.9 Å². The van der Waals surface area contributed by atoms with E-state index in [1.807, 2.05) is 0 Å². The highest BCUT2D eigenvalue weighted by atomic mass is 35.5. The molecule has 0 unspecified atom stereocenters. The van der Waals surface area contributed by atoms with Gasteiger partial charge in [0, 0.05) is 0 Å². The van der Waals surface area contributed by atoms with Gasteiger partial charge < -0.3 is 9.94 Å². The van der Waals surface area contributed by atoms with Crippen molar-refractivity contribution in [1.29, 1.82) is 0 Å². The second kappa shape index (κ2) is 4.65. The molecule has 1 heterocycles. The summed E-state index contributed by atoms with van der Waals surface area (Å²) >= 11 is 6.00. The number of methoxy groups -OCH3 is 1. The molecule has 2 aromatic carbocycles. The Kier molecular flexibility index (Phi) is 2.95. The normalized spacial score (nSPS) is 13.6. The molecule has 0 spiro atoms. The highest BCUT2D eigenvalue weighted by Gasteiger charge is 2.38. The average molecular weight is 288 g/mol. The SMILES string of the molecule is COc1ccc(C2=[N+]([O-])c3c(Cl)cccc3C2=O)cc1. The summed E-state index contributed by atoms with van der Waals surface area (Å²) in [5.74, 6) is 0.343. The van der Waals surface area contributed by atoms with Crippen molar-refractivity contribution in [2.24, 2.45) is 0 Å². The predicted molar refractivity (Wildman–Crippen MR) is 76.2 cm³/mol. The number of para-hydroxylation sites is 1. The lowest BCUT2D eigenvalue weighted by Gasteiger charge is -2.04. The number of fused-ring (bicyclic) bond motifs is 1. The monoisotopic (exact) mass is 287 g/mol. The largest absolute Gasteiger partial charge is 0.618 e. The predicted octanol–water partition coefficient (Wildman–Crippen LogP) is 3.18. The fraction of sp³-hybridized carbons (Fsp3) is 0.0667. The third-order valence-electron chi connectivity index (χ3n) is 3.22. The van der Waals surface area contributed by atoms with Gasteiger partial charge in [0.25, 0.3) is 11.5 Å². The minimum atomic E-state index is -0.317. The number of Topliss-reactive ketones (excluding diaryl/α,β-unsaturated/α-hetero) is 1. The minimum Gasteiger partial charge on any atom is -0.618 e. The van der Waals surface area contributed by atoms with Crippen LogP contribution < -0.4 is 4.74 Å². The molecule has 5 heteroatoms. The summed E-state index contributed by atoms with van der Waals surface area (Å²) in [6.45, 7) is 0. The van der Waals surface area contributed by atoms with Crippen molar-refractivity contribution in [3.8, 4) is 5.75 Å². The van der Waals surface area contributed by atoms with Gasteiger partial charge in [-0.25, -0.2) is 0 Å². The summed E-state index contributed by atoms with van der Waals surface area (Å²) in [5, 5.41) is 12.6. The van der Waals surface area contributed by atoms with E-state index in [4.69, 9.17) is 16.3 Å². The van der Waals surface area contributed by atoms with E-state index in [0.717, 1.165) is 0 Å². The Morgan fingerprint density at radius 3 is 2.45 bits per heavy atom. The first-order chi connectivity index (χ1) is 9.63. The van der Waals surface area contributed by atoms with Gasteiger partial charge in [-0.05, 0) is 36.4 Å². The Labute approximate surface area is 120 Å². The molecular formula is C15H10ClNO3. The van der Waals surface area contributed by atoms with Crippen molar-refractivity contribution in [2.45, 2.75) is 0 Å². The first-order valence-electron chi connectivity index (χ1n) is 5.95. The number of rotatable bonds is 2. The van der Waals surface area contributed by atoms with Crippen molar-refractivity contribution in [3.63, 3.8) is 0 Å². The zero-order chi connectivity index (χ0) is 14.3. The summed E-state index contributed by atoms with van der Waals surface area (Å²) < 4.78 is 5.66. The first kappa shape index (κ1) is 12.7. The molecule has 3 rings (SSSR count). The topological polar surface area (TPSA) is 52.4 Å². The lowest BCUT2D eigenvalue weighted by molar-refractivity contribution is -0.355. The van der Waals surface area contributed by atoms with E-state index in [2.05, 4.69) is 0 Å². The van der Waals surface area contributed by atoms with Crippen molar-refractivity contribution >= 4 is 28.8 Å². The fourth-order valence-corrected chi connectivity index (χ4v) is 2.49. The lowest BCUT2D eigenvalue weighted by Crippen LogP contribution is -2.16. The van der Waals surface area contributed by atoms with E-state index in [-0.39, 0.29) is 22.2 Å². The van der Waals surface area contributed by atoms with Gasteiger partial charge in [0.2, 0.25) is 5.69 Å². The second-order valence-electron chi connectivity index (χ2n) is 4.34. The van der Waals surface area contributed by atoms with Crippen LogP contribution in [0.5, 0.6) is 5.75 Å². The van der Waals surface area contributed by atoms with E-state index in [0.29, 0.717) is 21.6 Å². The molecule has 0 aromatic heterocycles. The van der Waals surface area contributed by atoms with Gasteiger partial charge >= 0.3 is 0 Å². The fourth-order valence-electron chi connectivity index (χ4n) is 2.23. The van der Waals surface area contributed by atoms with Gasteiger partial charge in [-0.1, -0.05) is 17.7 Å². The number of ketones is 1. The van der Waals surface area contributed by atoms with Crippen LogP contribution in [0.15, 0.2) is 42.5 Å². The Bertz CT molecular complexity index is 735. The Balaban J connectivity index is 2.15. The molecule has 0 bridgehead atoms. The zero-order valence-electron chi connectivity index (χ0n) is 10.6. The highest BCUT2D eigenvalue weighted by Crippen LogP contribution is 2.34. The number of benzene rings is 2. The molecule has 2 aromatic rings. The maximum Gasteiger partial charge on any atom is 0.273 e. The van der Waals surface area contributed by atoms with Gasteiger partial charge in [0.15, 0.2) is 0 Å². The molecule has 0 N–H and O–H groups in total. The molecule has 0 saturated heterocycles. The van der Waals surface area contributed by atoms with Crippen molar-refractivity contribution in [2.75, 3.05) is 7.11 Å². The molecule has 0 aliphatic carbocycles. The van der Waals surface area contributed by atoms with E-state index in [1.165, 1.54) is 0 Å². The molecular weight excluding hydrogens is 278 g/mol. The maximum atomic E-state index is 12.3. The molecule has 0 amide bonds. The summed E-state index contributed by atoms with van der Waals surface area (Å²) in [5.41, 5.74) is 1.16. The van der Waals surface area contributed by atoms with Gasteiger partial charge in [0.1, 0.15) is 16.3 Å². The standard InChI is InChI=1S/C15H10ClNO3/c1-20-10-7-5-9(6-8-10)13-15(18)11-3-2-4-12(16)14(11)17(13)19/h2-8H,1H3. The van der Waals surface area contributed by atoms with Crippen LogP contribution in [0.25, 0.3) is 0 Å². The van der Waals surface area contributed by atoms with Crippen LogP contribution in [0.3, 0.4) is 0 Å². The quantitative estimate of drug-likeness (QED) is 0.630. The van der Waals surface area contributed by atoms with Crippen LogP contribution in [0.4, 0.5) is 5.69 Å². The molecule has 0 radical (unpaired) electrons. The maximum absolute atomic E-state index is 12.3. The van der Waals surface area contributed by atoms with Crippen molar-refractivity contribution in [1.82, 2.24) is 0 Å².